The van der Waals surface area contributed by atoms with E-state index in [1.165, 1.54) is 6.92 Å². The summed E-state index contributed by atoms with van der Waals surface area (Å²) >= 11 is 0. The van der Waals surface area contributed by atoms with E-state index in [9.17, 15) is 9.59 Å². The average Bonchev–Trinajstić information content (AvgIpc) is 2.02. The van der Waals surface area contributed by atoms with Gasteiger partial charge in [0.2, 0.25) is 0 Å². The summed E-state index contributed by atoms with van der Waals surface area (Å²) < 4.78 is 4.99. The van der Waals surface area contributed by atoms with Crippen LogP contribution in [0.1, 0.15) is 27.7 Å². The number of ketones is 1. The minimum Gasteiger partial charge on any atom is -0.461 e. The molecule has 0 N–H and O–H groups in total. The van der Waals surface area contributed by atoms with E-state index in [-0.39, 0.29) is 23.3 Å². The number of hydrogen-bond donors (Lipinski definition) is 0. The highest BCUT2D eigenvalue weighted by molar-refractivity contribution is 6.00. The maximum Gasteiger partial charge on any atom is 0.317 e. The van der Waals surface area contributed by atoms with Crippen LogP contribution in [-0.4, -0.2) is 17.9 Å². The maximum absolute atomic E-state index is 11.2. The normalized spacial score (nSPS) is 33.2. The number of esters is 1. The third-order valence-electron chi connectivity index (χ3n) is 2.73. The van der Waals surface area contributed by atoms with Gasteiger partial charge in [0.15, 0.2) is 0 Å². The van der Waals surface area contributed by atoms with Gasteiger partial charge in [-0.25, -0.2) is 0 Å². The molecule has 0 spiro atoms. The molecule has 0 amide bonds. The molecule has 1 aliphatic heterocycles. The Morgan fingerprint density at radius 1 is 1.50 bits per heavy atom. The molecule has 1 rings (SSSR count). The standard InChI is InChI=1S/C9H14O3/c1-5(10)7-8(11)12-6(2)9(7,3)4/h6-7H,1-4H3. The molecule has 3 nitrogen and oxygen atoms in total. The fourth-order valence-electron chi connectivity index (χ4n) is 1.62. The van der Waals surface area contributed by atoms with Gasteiger partial charge in [0.05, 0.1) is 0 Å². The quantitative estimate of drug-likeness (QED) is 0.438. The highest BCUT2D eigenvalue weighted by Crippen LogP contribution is 2.40. The van der Waals surface area contributed by atoms with Crippen molar-refractivity contribution in [3.8, 4) is 0 Å². The molecule has 68 valence electrons. The van der Waals surface area contributed by atoms with Crippen molar-refractivity contribution < 1.29 is 14.3 Å². The van der Waals surface area contributed by atoms with Gasteiger partial charge in [0.1, 0.15) is 17.8 Å². The van der Waals surface area contributed by atoms with Gasteiger partial charge >= 0.3 is 5.97 Å². The van der Waals surface area contributed by atoms with Crippen LogP contribution in [0.2, 0.25) is 0 Å². The molecule has 1 fully saturated rings. The summed E-state index contributed by atoms with van der Waals surface area (Å²) in [7, 11) is 0. The Balaban J connectivity index is 2.99. The third kappa shape index (κ3) is 1.13. The maximum atomic E-state index is 11.2. The second-order valence-corrected chi connectivity index (χ2v) is 3.94. The van der Waals surface area contributed by atoms with E-state index in [2.05, 4.69) is 0 Å². The van der Waals surface area contributed by atoms with Gasteiger partial charge in [0.25, 0.3) is 0 Å². The number of ether oxygens (including phenoxy) is 1. The van der Waals surface area contributed by atoms with Crippen molar-refractivity contribution in [1.29, 1.82) is 0 Å². The molecule has 0 aliphatic carbocycles. The van der Waals surface area contributed by atoms with E-state index in [1.807, 2.05) is 20.8 Å². The van der Waals surface area contributed by atoms with Crippen LogP contribution in [0.25, 0.3) is 0 Å². The van der Waals surface area contributed by atoms with Gasteiger partial charge in [-0.05, 0) is 13.8 Å². The first-order valence-electron chi connectivity index (χ1n) is 4.08. The summed E-state index contributed by atoms with van der Waals surface area (Å²) in [6, 6.07) is 0. The molecular weight excluding hydrogens is 156 g/mol. The molecular formula is C9H14O3. The zero-order valence-electron chi connectivity index (χ0n) is 7.88. The Labute approximate surface area is 72.1 Å². The van der Waals surface area contributed by atoms with Crippen molar-refractivity contribution in [2.24, 2.45) is 11.3 Å². The van der Waals surface area contributed by atoms with Crippen molar-refractivity contribution in [3.63, 3.8) is 0 Å². The fourth-order valence-corrected chi connectivity index (χ4v) is 1.62. The Morgan fingerprint density at radius 2 is 2.00 bits per heavy atom. The molecule has 0 aromatic carbocycles. The summed E-state index contributed by atoms with van der Waals surface area (Å²) in [6.07, 6.45) is -0.168. The molecule has 1 aliphatic rings. The monoisotopic (exact) mass is 170 g/mol. The smallest absolute Gasteiger partial charge is 0.317 e. The minimum atomic E-state index is -0.576. The summed E-state index contributed by atoms with van der Waals surface area (Å²) in [5, 5.41) is 0. The molecule has 0 aromatic rings. The predicted molar refractivity (Wildman–Crippen MR) is 43.5 cm³/mol. The van der Waals surface area contributed by atoms with Gasteiger partial charge < -0.3 is 4.74 Å². The summed E-state index contributed by atoms with van der Waals surface area (Å²) in [5.74, 6) is -1.05. The van der Waals surface area contributed by atoms with Crippen LogP contribution in [0.4, 0.5) is 0 Å². The van der Waals surface area contributed by atoms with E-state index in [4.69, 9.17) is 4.74 Å². The lowest BCUT2D eigenvalue weighted by Gasteiger charge is -2.24. The molecule has 0 radical (unpaired) electrons. The Hall–Kier alpha value is -0.860. The number of cyclic esters (lactones) is 1. The van der Waals surface area contributed by atoms with E-state index in [0.717, 1.165) is 0 Å². The number of hydrogen-bond acceptors (Lipinski definition) is 3. The van der Waals surface area contributed by atoms with Crippen LogP contribution < -0.4 is 0 Å². The molecule has 12 heavy (non-hydrogen) atoms. The topological polar surface area (TPSA) is 43.4 Å². The summed E-state index contributed by atoms with van der Waals surface area (Å²) in [5.41, 5.74) is -0.358. The van der Waals surface area contributed by atoms with Crippen molar-refractivity contribution >= 4 is 11.8 Å². The van der Waals surface area contributed by atoms with Crippen LogP contribution in [0.15, 0.2) is 0 Å². The molecule has 0 bridgehead atoms. The minimum absolute atomic E-state index is 0.102. The van der Waals surface area contributed by atoms with E-state index < -0.39 is 5.92 Å². The summed E-state index contributed by atoms with van der Waals surface area (Å²) in [6.45, 7) is 7.02. The molecule has 1 heterocycles. The van der Waals surface area contributed by atoms with Crippen LogP contribution >= 0.6 is 0 Å². The second kappa shape index (κ2) is 2.57. The number of Topliss-reactive ketones (excluding diaryl/α,β-unsaturated/α-hetero) is 1. The van der Waals surface area contributed by atoms with Crippen molar-refractivity contribution in [2.75, 3.05) is 0 Å². The molecule has 1 saturated heterocycles. The van der Waals surface area contributed by atoms with Crippen molar-refractivity contribution in [2.45, 2.75) is 33.8 Å². The fraction of sp³-hybridized carbons (Fsp3) is 0.778. The average molecular weight is 170 g/mol. The third-order valence-corrected chi connectivity index (χ3v) is 2.73. The number of carbonyl (C=O) groups excluding carboxylic acids is 2. The Bertz CT molecular complexity index is 230. The number of carbonyl (C=O) groups is 2. The van der Waals surface area contributed by atoms with Gasteiger partial charge in [0, 0.05) is 5.41 Å². The number of rotatable bonds is 1. The highest BCUT2D eigenvalue weighted by atomic mass is 16.6. The van der Waals surface area contributed by atoms with Crippen molar-refractivity contribution in [3.05, 3.63) is 0 Å². The first kappa shape index (κ1) is 9.23. The second-order valence-electron chi connectivity index (χ2n) is 3.94. The van der Waals surface area contributed by atoms with Crippen LogP contribution in [-0.2, 0) is 14.3 Å². The first-order valence-corrected chi connectivity index (χ1v) is 4.08. The Kier molecular flexibility index (Phi) is 1.98. The van der Waals surface area contributed by atoms with Gasteiger partial charge in [-0.2, -0.15) is 0 Å². The van der Waals surface area contributed by atoms with E-state index >= 15 is 0 Å². The van der Waals surface area contributed by atoms with E-state index in [1.54, 1.807) is 0 Å². The van der Waals surface area contributed by atoms with Crippen molar-refractivity contribution in [1.82, 2.24) is 0 Å². The predicted octanol–water partition coefficient (Wildman–Crippen LogP) is 1.16. The lowest BCUT2D eigenvalue weighted by Crippen LogP contribution is -2.33. The Morgan fingerprint density at radius 3 is 2.17 bits per heavy atom. The first-order chi connectivity index (χ1) is 5.37. The molecule has 0 aromatic heterocycles. The molecule has 2 unspecified atom stereocenters. The van der Waals surface area contributed by atoms with Gasteiger partial charge in [-0.3, -0.25) is 9.59 Å². The van der Waals surface area contributed by atoms with Gasteiger partial charge in [-0.15, -0.1) is 0 Å². The largest absolute Gasteiger partial charge is 0.461 e. The van der Waals surface area contributed by atoms with E-state index in [0.29, 0.717) is 0 Å². The zero-order valence-corrected chi connectivity index (χ0v) is 7.88. The van der Waals surface area contributed by atoms with Crippen LogP contribution in [0.5, 0.6) is 0 Å². The van der Waals surface area contributed by atoms with Gasteiger partial charge in [-0.1, -0.05) is 13.8 Å². The SMILES string of the molecule is CC(=O)C1C(=O)OC(C)C1(C)C. The van der Waals surface area contributed by atoms with Crippen LogP contribution in [0, 0.1) is 11.3 Å². The lowest BCUT2D eigenvalue weighted by molar-refractivity contribution is -0.146. The molecule has 3 heteroatoms. The lowest BCUT2D eigenvalue weighted by atomic mass is 9.75. The summed E-state index contributed by atoms with van der Waals surface area (Å²) in [4.78, 5) is 22.3. The molecule has 2 atom stereocenters. The zero-order chi connectivity index (χ0) is 9.52. The molecule has 0 saturated carbocycles. The highest BCUT2D eigenvalue weighted by Gasteiger charge is 2.51. The van der Waals surface area contributed by atoms with Crippen LogP contribution in [0.3, 0.4) is 0 Å².